The third-order valence-corrected chi connectivity index (χ3v) is 9.99. The number of phenolic OH excluding ortho intramolecular Hbond substituents is 1. The van der Waals surface area contributed by atoms with E-state index in [4.69, 9.17) is 19.4 Å². The summed E-state index contributed by atoms with van der Waals surface area (Å²) in [5.41, 5.74) is 10.3. The average Bonchev–Trinajstić information content (AvgIpc) is 3.70. The predicted molar refractivity (Wildman–Crippen MR) is 211 cm³/mol. The van der Waals surface area contributed by atoms with Gasteiger partial charge in [0.1, 0.15) is 28.1 Å². The van der Waals surface area contributed by atoms with Gasteiger partial charge in [0.15, 0.2) is 5.82 Å². The Hall–Kier alpha value is -5.58. The van der Waals surface area contributed by atoms with Crippen LogP contribution in [-0.2, 0) is 26.5 Å². The van der Waals surface area contributed by atoms with Crippen LogP contribution in [0, 0.1) is 6.07 Å². The summed E-state index contributed by atoms with van der Waals surface area (Å²) in [6, 6.07) is 42.6. The zero-order chi connectivity index (χ0) is 35.7. The SMILES string of the molecule is CC(C)c1cc(-c2nc(-c3cc(C(C)(C)C)cc(-c4ccccc4)c3O)nc3c2oc2ccccc23)[c-]c(-n2c3ccccc3c3cccnc32)c1.[Pt]. The number of phenols is 1. The maximum atomic E-state index is 12.0. The maximum Gasteiger partial charge on any atom is 0.155 e. The van der Waals surface area contributed by atoms with E-state index in [0.717, 1.165) is 66.4 Å². The minimum absolute atomic E-state index is 0. The Morgan fingerprint density at radius 1 is 0.755 bits per heavy atom. The van der Waals surface area contributed by atoms with Crippen molar-refractivity contribution < 1.29 is 30.6 Å². The molecule has 4 aromatic heterocycles. The topological polar surface area (TPSA) is 77.0 Å². The quantitative estimate of drug-likeness (QED) is 0.174. The van der Waals surface area contributed by atoms with Crippen LogP contribution in [0.3, 0.4) is 0 Å². The molecule has 4 heterocycles. The fourth-order valence-electron chi connectivity index (χ4n) is 7.17. The fraction of sp³-hybridized carbons (Fsp3) is 0.152. The van der Waals surface area contributed by atoms with Crippen molar-refractivity contribution >= 4 is 44.0 Å². The Labute approximate surface area is 322 Å². The summed E-state index contributed by atoms with van der Waals surface area (Å²) >= 11 is 0. The number of nitrogens with zero attached hydrogens (tertiary/aromatic N) is 4. The van der Waals surface area contributed by atoms with Crippen LogP contribution in [0.2, 0.25) is 0 Å². The number of hydrogen-bond donors (Lipinski definition) is 1. The molecule has 1 N–H and O–H groups in total. The fourth-order valence-corrected chi connectivity index (χ4v) is 7.17. The molecular formula is C46H37N4O2Pt-. The molecule has 9 rings (SSSR count). The Morgan fingerprint density at radius 3 is 2.23 bits per heavy atom. The molecule has 0 fully saturated rings. The van der Waals surface area contributed by atoms with E-state index in [1.54, 1.807) is 0 Å². The van der Waals surface area contributed by atoms with Crippen LogP contribution < -0.4 is 0 Å². The van der Waals surface area contributed by atoms with Crippen LogP contribution in [0.5, 0.6) is 5.75 Å². The van der Waals surface area contributed by atoms with E-state index >= 15 is 0 Å². The number of benzene rings is 5. The molecule has 7 heteroatoms. The van der Waals surface area contributed by atoms with Crippen LogP contribution in [0.4, 0.5) is 0 Å². The second kappa shape index (κ2) is 13.1. The van der Waals surface area contributed by atoms with Gasteiger partial charge in [-0.05, 0) is 70.6 Å². The molecule has 0 unspecified atom stereocenters. The molecule has 0 aliphatic rings. The summed E-state index contributed by atoms with van der Waals surface area (Å²) in [6.07, 6.45) is 1.83. The standard InChI is InChI=1S/C46H37N4O2.Pt/c1-27(2)29-22-30(24-32(23-29)50-38-19-11-9-16-33(38)34-18-13-21-47-45(34)50)40-43-41(35-17-10-12-20-39(35)52-43)49-44(48-40)37-26-31(46(3,4)5)25-36(42(37)51)28-14-7-6-8-15-28;/h6-23,25-27,51H,1-5H3;/q-1;. The number of fused-ring (bicyclic) bond motifs is 6. The molecule has 0 bridgehead atoms. The molecule has 264 valence electrons. The molecular weight excluding hydrogens is 836 g/mol. The van der Waals surface area contributed by atoms with Crippen molar-refractivity contribution in [3.8, 4) is 45.2 Å². The van der Waals surface area contributed by atoms with Gasteiger partial charge in [-0.15, -0.1) is 29.3 Å². The average molecular weight is 873 g/mol. The summed E-state index contributed by atoms with van der Waals surface area (Å²) in [5.74, 6) is 0.758. The third kappa shape index (κ3) is 5.82. The molecule has 0 aliphatic carbocycles. The minimum atomic E-state index is -0.203. The molecule has 0 saturated heterocycles. The van der Waals surface area contributed by atoms with Crippen molar-refractivity contribution in [2.75, 3.05) is 0 Å². The van der Waals surface area contributed by atoms with E-state index in [9.17, 15) is 5.11 Å². The van der Waals surface area contributed by atoms with Crippen LogP contribution in [-0.4, -0.2) is 24.6 Å². The van der Waals surface area contributed by atoms with Crippen molar-refractivity contribution in [1.29, 1.82) is 0 Å². The molecule has 0 amide bonds. The van der Waals surface area contributed by atoms with Gasteiger partial charge < -0.3 is 14.1 Å². The van der Waals surface area contributed by atoms with Crippen molar-refractivity contribution in [3.63, 3.8) is 0 Å². The van der Waals surface area contributed by atoms with Crippen LogP contribution in [0.1, 0.15) is 51.7 Å². The van der Waals surface area contributed by atoms with Gasteiger partial charge in [-0.2, -0.15) is 0 Å². The van der Waals surface area contributed by atoms with Gasteiger partial charge in [0, 0.05) is 54.7 Å². The number of hydrogen-bond acceptors (Lipinski definition) is 5. The van der Waals surface area contributed by atoms with Gasteiger partial charge in [0.05, 0.1) is 11.1 Å². The van der Waals surface area contributed by atoms with Gasteiger partial charge in [-0.25, -0.2) is 9.97 Å². The smallest absolute Gasteiger partial charge is 0.155 e. The zero-order valence-corrected chi connectivity index (χ0v) is 32.4. The number of furan rings is 1. The Kier molecular flexibility index (Phi) is 8.54. The molecule has 0 saturated carbocycles. The maximum absolute atomic E-state index is 12.0. The molecule has 9 aromatic rings. The Balaban J connectivity index is 0.00000400. The van der Waals surface area contributed by atoms with Gasteiger partial charge in [0.25, 0.3) is 0 Å². The van der Waals surface area contributed by atoms with Crippen molar-refractivity contribution in [2.24, 2.45) is 0 Å². The van der Waals surface area contributed by atoms with E-state index in [2.05, 4.69) is 93.8 Å². The van der Waals surface area contributed by atoms with Crippen molar-refractivity contribution in [1.82, 2.24) is 19.5 Å². The first-order chi connectivity index (χ1) is 25.2. The second-order valence-electron chi connectivity index (χ2n) is 14.8. The zero-order valence-electron chi connectivity index (χ0n) is 30.1. The first-order valence-corrected chi connectivity index (χ1v) is 17.7. The van der Waals surface area contributed by atoms with Gasteiger partial charge >= 0.3 is 0 Å². The summed E-state index contributed by atoms with van der Waals surface area (Å²) in [4.78, 5) is 15.3. The number of rotatable bonds is 5. The van der Waals surface area contributed by atoms with Crippen LogP contribution in [0.25, 0.3) is 83.5 Å². The van der Waals surface area contributed by atoms with E-state index in [-0.39, 0.29) is 38.1 Å². The van der Waals surface area contributed by atoms with E-state index in [0.29, 0.717) is 28.2 Å². The van der Waals surface area contributed by atoms with E-state index in [1.807, 2.05) is 72.9 Å². The summed E-state index contributed by atoms with van der Waals surface area (Å²) in [7, 11) is 0. The third-order valence-electron chi connectivity index (χ3n) is 9.99. The van der Waals surface area contributed by atoms with Gasteiger partial charge in [-0.3, -0.25) is 4.98 Å². The summed E-state index contributed by atoms with van der Waals surface area (Å²) in [6.45, 7) is 10.9. The molecule has 0 atom stereocenters. The normalized spacial score (nSPS) is 12.0. The van der Waals surface area contributed by atoms with E-state index in [1.165, 1.54) is 0 Å². The molecule has 5 aromatic carbocycles. The van der Waals surface area contributed by atoms with Crippen molar-refractivity contribution in [2.45, 2.75) is 46.0 Å². The monoisotopic (exact) mass is 872 g/mol. The molecule has 0 radical (unpaired) electrons. The largest absolute Gasteiger partial charge is 0.507 e. The Morgan fingerprint density at radius 2 is 1.45 bits per heavy atom. The molecule has 53 heavy (non-hydrogen) atoms. The van der Waals surface area contributed by atoms with Gasteiger partial charge in [0.2, 0.25) is 0 Å². The van der Waals surface area contributed by atoms with Crippen LogP contribution >= 0.6 is 0 Å². The number of aromatic hydroxyl groups is 1. The van der Waals surface area contributed by atoms with E-state index < -0.39 is 0 Å². The summed E-state index contributed by atoms with van der Waals surface area (Å²) < 4.78 is 8.76. The molecule has 0 aliphatic heterocycles. The summed E-state index contributed by atoms with van der Waals surface area (Å²) in [5, 5.41) is 15.1. The number of aromatic nitrogens is 4. The minimum Gasteiger partial charge on any atom is -0.507 e. The van der Waals surface area contributed by atoms with Gasteiger partial charge in [-0.1, -0.05) is 95.3 Å². The first kappa shape index (κ1) is 34.5. The van der Waals surface area contributed by atoms with Crippen LogP contribution in [0.15, 0.2) is 126 Å². The Bertz CT molecular complexity index is 2780. The molecule has 6 nitrogen and oxygen atoms in total. The first-order valence-electron chi connectivity index (χ1n) is 17.7. The predicted octanol–water partition coefficient (Wildman–Crippen LogP) is 11.8. The number of pyridine rings is 1. The second-order valence-corrected chi connectivity index (χ2v) is 14.8. The molecule has 0 spiro atoms. The number of para-hydroxylation sites is 2. The van der Waals surface area contributed by atoms with Crippen molar-refractivity contribution in [3.05, 3.63) is 139 Å².